The van der Waals surface area contributed by atoms with E-state index in [-0.39, 0.29) is 5.91 Å². The average molecular weight is 389 g/mol. The van der Waals surface area contributed by atoms with E-state index in [2.05, 4.69) is 40.6 Å². The first-order valence-corrected chi connectivity index (χ1v) is 11.1. The van der Waals surface area contributed by atoms with Crippen LogP contribution >= 0.6 is 11.3 Å². The highest BCUT2D eigenvalue weighted by Crippen LogP contribution is 2.30. The maximum atomic E-state index is 12.7. The van der Waals surface area contributed by atoms with Gasteiger partial charge in [0.2, 0.25) is 0 Å². The van der Waals surface area contributed by atoms with Crippen molar-refractivity contribution in [1.29, 1.82) is 0 Å². The van der Waals surface area contributed by atoms with Gasteiger partial charge in [0.25, 0.3) is 5.91 Å². The summed E-state index contributed by atoms with van der Waals surface area (Å²) in [6, 6.07) is 12.8. The molecule has 5 rings (SSSR count). The van der Waals surface area contributed by atoms with Crippen molar-refractivity contribution in [2.75, 3.05) is 5.32 Å². The lowest BCUT2D eigenvalue weighted by Gasteiger charge is -2.16. The molecule has 2 aliphatic rings. The van der Waals surface area contributed by atoms with Gasteiger partial charge >= 0.3 is 0 Å². The zero-order chi connectivity index (χ0) is 18.9. The average Bonchev–Trinajstić information content (AvgIpc) is 3.21. The number of amides is 1. The van der Waals surface area contributed by atoms with Gasteiger partial charge in [-0.05, 0) is 91.8 Å². The molecule has 0 fully saturated rings. The van der Waals surface area contributed by atoms with E-state index in [0.717, 1.165) is 36.1 Å². The first-order valence-electron chi connectivity index (χ1n) is 10.3. The molecule has 2 aromatic carbocycles. The van der Waals surface area contributed by atoms with Crippen LogP contribution in [0.25, 0.3) is 11.3 Å². The third-order valence-corrected chi connectivity index (χ3v) is 6.74. The van der Waals surface area contributed by atoms with Gasteiger partial charge in [0.1, 0.15) is 0 Å². The second-order valence-electron chi connectivity index (χ2n) is 7.87. The summed E-state index contributed by atoms with van der Waals surface area (Å²) in [5.41, 5.74) is 8.47. The summed E-state index contributed by atoms with van der Waals surface area (Å²) < 4.78 is 0. The highest BCUT2D eigenvalue weighted by atomic mass is 32.1. The molecule has 4 heteroatoms. The Kier molecular flexibility index (Phi) is 4.73. The van der Waals surface area contributed by atoms with Crippen LogP contribution in [0.2, 0.25) is 0 Å². The molecule has 0 unspecified atom stereocenters. The number of thiazole rings is 1. The summed E-state index contributed by atoms with van der Waals surface area (Å²) >= 11 is 1.49. The van der Waals surface area contributed by atoms with Crippen molar-refractivity contribution in [3.63, 3.8) is 0 Å². The van der Waals surface area contributed by atoms with Gasteiger partial charge in [-0.1, -0.05) is 18.2 Å². The van der Waals surface area contributed by atoms with Crippen molar-refractivity contribution in [1.82, 2.24) is 4.98 Å². The van der Waals surface area contributed by atoms with Gasteiger partial charge in [0, 0.05) is 16.5 Å². The molecule has 0 saturated heterocycles. The van der Waals surface area contributed by atoms with E-state index < -0.39 is 0 Å². The molecule has 3 aromatic rings. The molecule has 1 aromatic heterocycles. The third-order valence-electron chi connectivity index (χ3n) is 5.98. The molecule has 0 atom stereocenters. The van der Waals surface area contributed by atoms with Crippen molar-refractivity contribution >= 4 is 22.4 Å². The third kappa shape index (κ3) is 3.49. The van der Waals surface area contributed by atoms with Crippen molar-refractivity contribution in [2.24, 2.45) is 0 Å². The van der Waals surface area contributed by atoms with Crippen LogP contribution in [0, 0.1) is 0 Å². The van der Waals surface area contributed by atoms with E-state index in [9.17, 15) is 4.79 Å². The van der Waals surface area contributed by atoms with E-state index in [1.807, 2.05) is 11.4 Å². The van der Waals surface area contributed by atoms with E-state index in [0.29, 0.717) is 5.13 Å². The zero-order valence-corrected chi connectivity index (χ0v) is 16.8. The summed E-state index contributed by atoms with van der Waals surface area (Å²) in [5.74, 6) is -0.0697. The molecule has 3 nitrogen and oxygen atoms in total. The van der Waals surface area contributed by atoms with Crippen molar-refractivity contribution in [2.45, 2.75) is 51.4 Å². The van der Waals surface area contributed by atoms with Crippen LogP contribution in [0.5, 0.6) is 0 Å². The van der Waals surface area contributed by atoms with Crippen LogP contribution in [-0.4, -0.2) is 10.9 Å². The number of rotatable bonds is 3. The molecule has 2 aliphatic carbocycles. The Hall–Kier alpha value is -2.46. The van der Waals surface area contributed by atoms with Crippen LogP contribution in [0.3, 0.4) is 0 Å². The number of hydrogen-bond donors (Lipinski definition) is 1. The first kappa shape index (κ1) is 17.6. The van der Waals surface area contributed by atoms with Gasteiger partial charge in [-0.25, -0.2) is 4.98 Å². The summed E-state index contributed by atoms with van der Waals surface area (Å²) in [7, 11) is 0. The smallest absolute Gasteiger partial charge is 0.257 e. The van der Waals surface area contributed by atoms with Crippen molar-refractivity contribution < 1.29 is 4.79 Å². The van der Waals surface area contributed by atoms with E-state index in [1.165, 1.54) is 65.7 Å². The molecule has 0 saturated carbocycles. The van der Waals surface area contributed by atoms with Gasteiger partial charge in [-0.2, -0.15) is 0 Å². The number of hydrogen-bond acceptors (Lipinski definition) is 3. The zero-order valence-electron chi connectivity index (χ0n) is 16.0. The standard InChI is InChI=1S/C24H24N2OS/c27-23(21-12-10-17-6-2-4-8-19(17)14-21)26-24-25-22(15-28-24)20-11-9-16-5-1-3-7-18(16)13-20/h9-15H,1-8H2,(H,25,26,27). The molecule has 1 N–H and O–H groups in total. The Morgan fingerprint density at radius 1 is 0.821 bits per heavy atom. The number of aromatic nitrogens is 1. The lowest BCUT2D eigenvalue weighted by Crippen LogP contribution is -2.13. The summed E-state index contributed by atoms with van der Waals surface area (Å²) in [4.78, 5) is 17.4. The van der Waals surface area contributed by atoms with Gasteiger partial charge in [-0.15, -0.1) is 11.3 Å². The largest absolute Gasteiger partial charge is 0.298 e. The molecule has 0 spiro atoms. The molecule has 0 aliphatic heterocycles. The number of carbonyl (C=O) groups is 1. The summed E-state index contributed by atoms with van der Waals surface area (Å²) in [5, 5.41) is 5.68. The molecular weight excluding hydrogens is 364 g/mol. The van der Waals surface area contributed by atoms with E-state index >= 15 is 0 Å². The van der Waals surface area contributed by atoms with E-state index in [4.69, 9.17) is 0 Å². The van der Waals surface area contributed by atoms with Crippen LogP contribution in [0.4, 0.5) is 5.13 Å². The molecule has 1 heterocycles. The fourth-order valence-corrected chi connectivity index (χ4v) is 5.12. The van der Waals surface area contributed by atoms with Gasteiger partial charge in [-0.3, -0.25) is 10.1 Å². The summed E-state index contributed by atoms with van der Waals surface area (Å²) in [6.07, 6.45) is 9.60. The monoisotopic (exact) mass is 388 g/mol. The minimum Gasteiger partial charge on any atom is -0.298 e. The number of aryl methyl sites for hydroxylation is 4. The molecule has 28 heavy (non-hydrogen) atoms. The van der Waals surface area contributed by atoms with Gasteiger partial charge in [0.15, 0.2) is 5.13 Å². The highest BCUT2D eigenvalue weighted by molar-refractivity contribution is 7.14. The van der Waals surface area contributed by atoms with Crippen LogP contribution in [0.15, 0.2) is 41.8 Å². The van der Waals surface area contributed by atoms with E-state index in [1.54, 1.807) is 0 Å². The second-order valence-corrected chi connectivity index (χ2v) is 8.73. The molecule has 142 valence electrons. The van der Waals surface area contributed by atoms with Gasteiger partial charge < -0.3 is 0 Å². The Morgan fingerprint density at radius 3 is 2.21 bits per heavy atom. The quantitative estimate of drug-likeness (QED) is 0.614. The minimum atomic E-state index is -0.0697. The lowest BCUT2D eigenvalue weighted by atomic mass is 9.90. The van der Waals surface area contributed by atoms with Crippen LogP contribution in [-0.2, 0) is 25.7 Å². The van der Waals surface area contributed by atoms with Gasteiger partial charge in [0.05, 0.1) is 5.69 Å². The lowest BCUT2D eigenvalue weighted by molar-refractivity contribution is 0.102. The van der Waals surface area contributed by atoms with Crippen LogP contribution in [0.1, 0.15) is 58.3 Å². The fraction of sp³-hybridized carbons (Fsp3) is 0.333. The number of nitrogens with zero attached hydrogens (tertiary/aromatic N) is 1. The Labute approximate surface area is 169 Å². The minimum absolute atomic E-state index is 0.0697. The molecule has 0 radical (unpaired) electrons. The fourth-order valence-electron chi connectivity index (χ4n) is 4.40. The Bertz CT molecular complexity index is 1040. The summed E-state index contributed by atoms with van der Waals surface area (Å²) in [6.45, 7) is 0. The Morgan fingerprint density at radius 2 is 1.46 bits per heavy atom. The number of fused-ring (bicyclic) bond motifs is 2. The maximum absolute atomic E-state index is 12.7. The number of nitrogens with one attached hydrogen (secondary N) is 1. The first-order chi connectivity index (χ1) is 13.8. The predicted molar refractivity (Wildman–Crippen MR) is 115 cm³/mol. The maximum Gasteiger partial charge on any atom is 0.257 e. The number of benzene rings is 2. The molecular formula is C24H24N2OS. The Balaban J connectivity index is 1.33. The van der Waals surface area contributed by atoms with Crippen molar-refractivity contribution in [3.05, 3.63) is 69.6 Å². The normalized spacial score (nSPS) is 15.6. The topological polar surface area (TPSA) is 42.0 Å². The highest BCUT2D eigenvalue weighted by Gasteiger charge is 2.15. The predicted octanol–water partition coefficient (Wildman–Crippen LogP) is 5.82. The van der Waals surface area contributed by atoms with Crippen LogP contribution < -0.4 is 5.32 Å². The molecule has 0 bridgehead atoms. The SMILES string of the molecule is O=C(Nc1nc(-c2ccc3c(c2)CCCC3)cs1)c1ccc2c(c1)CCCC2. The molecule has 1 amide bonds. The second kappa shape index (κ2) is 7.51. The number of anilines is 1. The number of carbonyl (C=O) groups excluding carboxylic acids is 1. The van der Waals surface area contributed by atoms with Crippen molar-refractivity contribution in [3.8, 4) is 11.3 Å².